The second-order valence-electron chi connectivity index (χ2n) is 5.22. The third kappa shape index (κ3) is 4.88. The van der Waals surface area contributed by atoms with Crippen LogP contribution in [0.5, 0.6) is 0 Å². The van der Waals surface area contributed by atoms with Crippen molar-refractivity contribution < 1.29 is 4.74 Å². The molecule has 1 aromatic heterocycles. The second kappa shape index (κ2) is 8.00. The summed E-state index contributed by atoms with van der Waals surface area (Å²) in [4.78, 5) is 3.91. The van der Waals surface area contributed by atoms with Crippen LogP contribution in [0.2, 0.25) is 0 Å². The highest BCUT2D eigenvalue weighted by atomic mass is 32.1. The average Bonchev–Trinajstić information content (AvgIpc) is 3.10. The molecule has 0 aliphatic carbocycles. The van der Waals surface area contributed by atoms with E-state index in [-0.39, 0.29) is 0 Å². The molecule has 2 atom stereocenters. The lowest BCUT2D eigenvalue weighted by molar-refractivity contribution is 0.0749. The monoisotopic (exact) mass is 282 g/mol. The Morgan fingerprint density at radius 2 is 2.47 bits per heavy atom. The van der Waals surface area contributed by atoms with Crippen LogP contribution in [0.25, 0.3) is 0 Å². The summed E-state index contributed by atoms with van der Waals surface area (Å²) in [5.74, 6) is 0. The molecule has 1 N–H and O–H groups in total. The van der Waals surface area contributed by atoms with Crippen LogP contribution < -0.4 is 5.32 Å². The lowest BCUT2D eigenvalue weighted by Gasteiger charge is -2.24. The highest BCUT2D eigenvalue weighted by molar-refractivity contribution is 7.10. The van der Waals surface area contributed by atoms with Crippen LogP contribution in [-0.2, 0) is 4.74 Å². The van der Waals surface area contributed by atoms with E-state index in [1.807, 2.05) is 11.3 Å². The molecule has 108 valence electrons. The summed E-state index contributed by atoms with van der Waals surface area (Å²) in [6.45, 7) is 9.77. The molecule has 4 heteroatoms. The Morgan fingerprint density at radius 3 is 3.11 bits per heavy atom. The smallest absolute Gasteiger partial charge is 0.0702 e. The molecular weight excluding hydrogens is 256 g/mol. The van der Waals surface area contributed by atoms with Crippen LogP contribution in [0.3, 0.4) is 0 Å². The Balaban J connectivity index is 1.65. The van der Waals surface area contributed by atoms with Gasteiger partial charge in [0.1, 0.15) is 0 Å². The third-order valence-corrected chi connectivity index (χ3v) is 4.84. The van der Waals surface area contributed by atoms with E-state index in [4.69, 9.17) is 4.74 Å². The molecule has 2 unspecified atom stereocenters. The van der Waals surface area contributed by atoms with Gasteiger partial charge in [-0.15, -0.1) is 11.3 Å². The summed E-state index contributed by atoms with van der Waals surface area (Å²) in [7, 11) is 0. The maximum atomic E-state index is 5.71. The topological polar surface area (TPSA) is 24.5 Å². The first-order valence-electron chi connectivity index (χ1n) is 7.40. The summed E-state index contributed by atoms with van der Waals surface area (Å²) in [5, 5.41) is 5.74. The van der Waals surface area contributed by atoms with Crippen LogP contribution in [-0.4, -0.2) is 43.8 Å². The van der Waals surface area contributed by atoms with Gasteiger partial charge in [0.25, 0.3) is 0 Å². The first-order valence-corrected chi connectivity index (χ1v) is 8.28. The zero-order valence-corrected chi connectivity index (χ0v) is 12.9. The summed E-state index contributed by atoms with van der Waals surface area (Å²) < 4.78 is 5.71. The highest BCUT2D eigenvalue weighted by Crippen LogP contribution is 2.17. The predicted octanol–water partition coefficient (Wildman–Crippen LogP) is 2.90. The lowest BCUT2D eigenvalue weighted by atomic mass is 10.2. The zero-order chi connectivity index (χ0) is 13.5. The maximum Gasteiger partial charge on any atom is 0.0702 e. The van der Waals surface area contributed by atoms with Crippen molar-refractivity contribution in [2.75, 3.05) is 32.8 Å². The van der Waals surface area contributed by atoms with E-state index in [0.29, 0.717) is 12.1 Å². The fourth-order valence-electron chi connectivity index (χ4n) is 2.53. The second-order valence-corrected chi connectivity index (χ2v) is 6.20. The number of nitrogens with one attached hydrogen (secondary N) is 1. The van der Waals surface area contributed by atoms with Gasteiger partial charge in [0, 0.05) is 37.2 Å². The summed E-state index contributed by atoms with van der Waals surface area (Å²) in [6.07, 6.45) is 2.93. The minimum Gasteiger partial charge on any atom is -0.377 e. The Kier molecular flexibility index (Phi) is 6.31. The van der Waals surface area contributed by atoms with Gasteiger partial charge in [-0.2, -0.15) is 0 Å². The van der Waals surface area contributed by atoms with Crippen molar-refractivity contribution >= 4 is 11.3 Å². The summed E-state index contributed by atoms with van der Waals surface area (Å²) in [6, 6.07) is 4.78. The standard InChI is InChI=1S/C15H26N2OS/c1-3-17(12-14-6-4-10-18-14)9-8-16-13(2)15-7-5-11-19-15/h5,7,11,13-14,16H,3-4,6,8-10,12H2,1-2H3. The maximum absolute atomic E-state index is 5.71. The molecule has 1 saturated heterocycles. The van der Waals surface area contributed by atoms with Gasteiger partial charge in [0.2, 0.25) is 0 Å². The van der Waals surface area contributed by atoms with E-state index in [1.54, 1.807) is 0 Å². The van der Waals surface area contributed by atoms with E-state index >= 15 is 0 Å². The van der Waals surface area contributed by atoms with E-state index in [0.717, 1.165) is 32.8 Å². The molecule has 19 heavy (non-hydrogen) atoms. The number of likely N-dealkylation sites (N-methyl/N-ethyl adjacent to an activating group) is 1. The number of hydrogen-bond acceptors (Lipinski definition) is 4. The van der Waals surface area contributed by atoms with Crippen LogP contribution in [0, 0.1) is 0 Å². The summed E-state index contributed by atoms with van der Waals surface area (Å²) >= 11 is 1.83. The molecule has 0 aromatic carbocycles. The van der Waals surface area contributed by atoms with Crippen molar-refractivity contribution in [1.29, 1.82) is 0 Å². The number of hydrogen-bond donors (Lipinski definition) is 1. The van der Waals surface area contributed by atoms with E-state index in [1.165, 1.54) is 17.7 Å². The van der Waals surface area contributed by atoms with Gasteiger partial charge in [-0.25, -0.2) is 0 Å². The first kappa shape index (κ1) is 15.0. The van der Waals surface area contributed by atoms with E-state index in [9.17, 15) is 0 Å². The number of thiophene rings is 1. The molecule has 0 saturated carbocycles. The molecule has 0 spiro atoms. The molecule has 0 amide bonds. The van der Waals surface area contributed by atoms with Crippen LogP contribution >= 0.6 is 11.3 Å². The van der Waals surface area contributed by atoms with Crippen molar-refractivity contribution in [2.45, 2.75) is 38.8 Å². The van der Waals surface area contributed by atoms with Gasteiger partial charge in [-0.05, 0) is 37.8 Å². The fraction of sp³-hybridized carbons (Fsp3) is 0.733. The fourth-order valence-corrected chi connectivity index (χ4v) is 3.29. The van der Waals surface area contributed by atoms with Crippen molar-refractivity contribution in [1.82, 2.24) is 10.2 Å². The zero-order valence-electron chi connectivity index (χ0n) is 12.1. The number of ether oxygens (including phenoxy) is 1. The van der Waals surface area contributed by atoms with Crippen molar-refractivity contribution in [3.63, 3.8) is 0 Å². The Bertz CT molecular complexity index is 336. The molecule has 2 rings (SSSR count). The Labute approximate surface area is 121 Å². The molecule has 1 aliphatic heterocycles. The van der Waals surface area contributed by atoms with Crippen molar-refractivity contribution in [3.05, 3.63) is 22.4 Å². The Morgan fingerprint density at radius 1 is 1.58 bits per heavy atom. The first-order chi connectivity index (χ1) is 9.29. The molecule has 3 nitrogen and oxygen atoms in total. The minimum absolute atomic E-state index is 0.460. The van der Waals surface area contributed by atoms with Crippen molar-refractivity contribution in [2.24, 2.45) is 0 Å². The van der Waals surface area contributed by atoms with Gasteiger partial charge in [0.05, 0.1) is 6.10 Å². The molecule has 0 bridgehead atoms. The lowest BCUT2D eigenvalue weighted by Crippen LogP contribution is -2.37. The van der Waals surface area contributed by atoms with Crippen molar-refractivity contribution in [3.8, 4) is 0 Å². The minimum atomic E-state index is 0.460. The predicted molar refractivity (Wildman–Crippen MR) is 81.8 cm³/mol. The van der Waals surface area contributed by atoms with E-state index < -0.39 is 0 Å². The molecule has 0 radical (unpaired) electrons. The van der Waals surface area contributed by atoms with Gasteiger partial charge < -0.3 is 10.1 Å². The SMILES string of the molecule is CCN(CCNC(C)c1cccs1)CC1CCCO1. The van der Waals surface area contributed by atoms with Gasteiger partial charge in [-0.3, -0.25) is 4.90 Å². The number of nitrogens with zero attached hydrogens (tertiary/aromatic N) is 1. The van der Waals surface area contributed by atoms with Crippen LogP contribution in [0.1, 0.15) is 37.6 Å². The highest BCUT2D eigenvalue weighted by Gasteiger charge is 2.18. The molecule has 1 aromatic rings. The molecule has 2 heterocycles. The molecule has 1 aliphatic rings. The van der Waals surface area contributed by atoms with Gasteiger partial charge >= 0.3 is 0 Å². The van der Waals surface area contributed by atoms with Crippen LogP contribution in [0.15, 0.2) is 17.5 Å². The quantitative estimate of drug-likeness (QED) is 0.793. The third-order valence-electron chi connectivity index (χ3n) is 3.78. The Hall–Kier alpha value is -0.420. The number of rotatable bonds is 8. The largest absolute Gasteiger partial charge is 0.377 e. The van der Waals surface area contributed by atoms with Crippen LogP contribution in [0.4, 0.5) is 0 Å². The molecule has 1 fully saturated rings. The van der Waals surface area contributed by atoms with Gasteiger partial charge in [0.15, 0.2) is 0 Å². The van der Waals surface area contributed by atoms with E-state index in [2.05, 4.69) is 41.6 Å². The molecular formula is C15H26N2OS. The summed E-state index contributed by atoms with van der Waals surface area (Å²) in [5.41, 5.74) is 0. The normalized spacial score (nSPS) is 21.1. The van der Waals surface area contributed by atoms with Gasteiger partial charge in [-0.1, -0.05) is 13.0 Å². The average molecular weight is 282 g/mol.